The fourth-order valence-corrected chi connectivity index (χ4v) is 3.84. The minimum absolute atomic E-state index is 0.0464. The van der Waals surface area contributed by atoms with Gasteiger partial charge in [-0.3, -0.25) is 9.69 Å². The lowest BCUT2D eigenvalue weighted by Gasteiger charge is -2.23. The van der Waals surface area contributed by atoms with E-state index in [4.69, 9.17) is 10.5 Å². The summed E-state index contributed by atoms with van der Waals surface area (Å²) in [6, 6.07) is 13.2. The van der Waals surface area contributed by atoms with E-state index in [1.807, 2.05) is 29.5 Å². The molecule has 2 heterocycles. The number of nitriles is 2. The van der Waals surface area contributed by atoms with Crippen molar-refractivity contribution >= 4 is 22.2 Å². The van der Waals surface area contributed by atoms with Crippen molar-refractivity contribution in [1.29, 1.82) is 10.5 Å². The minimum atomic E-state index is -0.186. The van der Waals surface area contributed by atoms with Crippen LogP contribution < -0.4 is 4.90 Å². The van der Waals surface area contributed by atoms with E-state index in [2.05, 4.69) is 12.1 Å². The Bertz CT molecular complexity index is 828. The molecule has 1 saturated heterocycles. The van der Waals surface area contributed by atoms with Crippen LogP contribution in [0.1, 0.15) is 23.1 Å². The molecule has 3 rings (SSSR count). The Labute approximate surface area is 145 Å². The predicted molar refractivity (Wildman–Crippen MR) is 92.4 cm³/mol. The molecule has 1 aliphatic rings. The van der Waals surface area contributed by atoms with Crippen LogP contribution in [0.25, 0.3) is 0 Å². The lowest BCUT2D eigenvalue weighted by molar-refractivity contribution is -0.121. The zero-order valence-electron chi connectivity index (χ0n) is 13.3. The number of carbonyl (C=O) groups excluding carboxylic acids is 1. The van der Waals surface area contributed by atoms with E-state index in [0.717, 1.165) is 17.0 Å². The highest BCUT2D eigenvalue weighted by Gasteiger charge is 2.36. The Kier molecular flexibility index (Phi) is 4.61. The van der Waals surface area contributed by atoms with Crippen LogP contribution in [0, 0.1) is 22.7 Å². The predicted octanol–water partition coefficient (Wildman–Crippen LogP) is 2.73. The van der Waals surface area contributed by atoms with Crippen molar-refractivity contribution in [3.63, 3.8) is 0 Å². The van der Waals surface area contributed by atoms with Crippen LogP contribution >= 0.6 is 11.3 Å². The first-order valence-corrected chi connectivity index (χ1v) is 8.50. The number of hydrogen-bond acceptors (Lipinski definition) is 5. The normalized spacial score (nSPS) is 17.1. The Morgan fingerprint density at radius 3 is 2.67 bits per heavy atom. The number of carbonyl (C=O) groups is 1. The van der Waals surface area contributed by atoms with Gasteiger partial charge in [0, 0.05) is 13.1 Å². The fraction of sp³-hybridized carbons (Fsp3) is 0.278. The summed E-state index contributed by atoms with van der Waals surface area (Å²) in [5, 5.41) is 20.6. The summed E-state index contributed by atoms with van der Waals surface area (Å²) < 4.78 is 0. The number of benzene rings is 1. The zero-order valence-corrected chi connectivity index (χ0v) is 14.1. The molecule has 0 spiro atoms. The van der Waals surface area contributed by atoms with Crippen molar-refractivity contribution in [3.8, 4) is 12.1 Å². The molecule has 120 valence electrons. The van der Waals surface area contributed by atoms with Crippen LogP contribution in [0.15, 0.2) is 35.7 Å². The second kappa shape index (κ2) is 6.84. The van der Waals surface area contributed by atoms with E-state index >= 15 is 0 Å². The molecular weight excluding hydrogens is 320 g/mol. The van der Waals surface area contributed by atoms with Gasteiger partial charge in [0.2, 0.25) is 5.91 Å². The SMILES string of the molecule is CN(Cc1ccc(C#N)cc1)[C@H]1CCN(c2sccc2C#N)C1=O. The summed E-state index contributed by atoms with van der Waals surface area (Å²) in [6.07, 6.45) is 0.744. The zero-order chi connectivity index (χ0) is 17.1. The molecule has 5 nitrogen and oxygen atoms in total. The number of hydrogen-bond donors (Lipinski definition) is 0. The molecule has 0 aliphatic carbocycles. The number of thiophene rings is 1. The van der Waals surface area contributed by atoms with Gasteiger partial charge in [0.1, 0.15) is 11.1 Å². The molecule has 1 fully saturated rings. The van der Waals surface area contributed by atoms with Crippen LogP contribution in [-0.2, 0) is 11.3 Å². The highest BCUT2D eigenvalue weighted by atomic mass is 32.1. The molecule has 0 N–H and O–H groups in total. The van der Waals surface area contributed by atoms with Gasteiger partial charge >= 0.3 is 0 Å². The molecule has 0 unspecified atom stereocenters. The quantitative estimate of drug-likeness (QED) is 0.861. The average Bonchev–Trinajstić information content (AvgIpc) is 3.21. The lowest BCUT2D eigenvalue weighted by Crippen LogP contribution is -2.39. The maximum absolute atomic E-state index is 12.7. The molecular formula is C18H16N4OS. The molecule has 0 saturated carbocycles. The maximum atomic E-state index is 12.7. The minimum Gasteiger partial charge on any atom is -0.301 e. The maximum Gasteiger partial charge on any atom is 0.245 e. The van der Waals surface area contributed by atoms with Gasteiger partial charge < -0.3 is 4.90 Å². The van der Waals surface area contributed by atoms with Crippen molar-refractivity contribution in [2.75, 3.05) is 18.5 Å². The standard InChI is InChI=1S/C18H16N4OS/c1-21(12-14-4-2-13(10-19)3-5-14)16-6-8-22(17(16)23)18-15(11-20)7-9-24-18/h2-5,7,9,16H,6,8,12H2,1H3/t16-/m0/s1. The van der Waals surface area contributed by atoms with E-state index < -0.39 is 0 Å². The third-order valence-electron chi connectivity index (χ3n) is 4.23. The third-order valence-corrected chi connectivity index (χ3v) is 5.17. The number of amides is 1. The highest BCUT2D eigenvalue weighted by Crippen LogP contribution is 2.32. The summed E-state index contributed by atoms with van der Waals surface area (Å²) in [6.45, 7) is 1.28. The molecule has 24 heavy (non-hydrogen) atoms. The Balaban J connectivity index is 1.70. The molecule has 1 aliphatic heterocycles. The highest BCUT2D eigenvalue weighted by molar-refractivity contribution is 7.14. The monoisotopic (exact) mass is 336 g/mol. The Morgan fingerprint density at radius 2 is 2.00 bits per heavy atom. The topological polar surface area (TPSA) is 71.1 Å². The van der Waals surface area contributed by atoms with Gasteiger partial charge in [-0.15, -0.1) is 11.3 Å². The molecule has 1 amide bonds. The van der Waals surface area contributed by atoms with Gasteiger partial charge in [-0.2, -0.15) is 10.5 Å². The van der Waals surface area contributed by atoms with Crippen LogP contribution in [0.5, 0.6) is 0 Å². The van der Waals surface area contributed by atoms with E-state index in [-0.39, 0.29) is 11.9 Å². The van der Waals surface area contributed by atoms with E-state index in [1.165, 1.54) is 11.3 Å². The van der Waals surface area contributed by atoms with Gasteiger partial charge in [0.15, 0.2) is 0 Å². The van der Waals surface area contributed by atoms with Gasteiger partial charge in [0.05, 0.1) is 23.2 Å². The van der Waals surface area contributed by atoms with Crippen molar-refractivity contribution < 1.29 is 4.79 Å². The van der Waals surface area contributed by atoms with Crippen molar-refractivity contribution in [2.24, 2.45) is 0 Å². The largest absolute Gasteiger partial charge is 0.301 e. The van der Waals surface area contributed by atoms with Gasteiger partial charge in [-0.05, 0) is 42.6 Å². The number of rotatable bonds is 4. The number of likely N-dealkylation sites (N-methyl/N-ethyl adjacent to an activating group) is 1. The Morgan fingerprint density at radius 1 is 1.25 bits per heavy atom. The van der Waals surface area contributed by atoms with Crippen molar-refractivity contribution in [3.05, 3.63) is 52.4 Å². The summed E-state index contributed by atoms with van der Waals surface area (Å²) in [7, 11) is 1.93. The first-order chi connectivity index (χ1) is 11.6. The van der Waals surface area contributed by atoms with Gasteiger partial charge in [0.25, 0.3) is 0 Å². The first-order valence-electron chi connectivity index (χ1n) is 7.62. The molecule has 2 aromatic rings. The smallest absolute Gasteiger partial charge is 0.245 e. The van der Waals surface area contributed by atoms with Crippen LogP contribution in [0.3, 0.4) is 0 Å². The van der Waals surface area contributed by atoms with Crippen molar-refractivity contribution in [2.45, 2.75) is 19.0 Å². The van der Waals surface area contributed by atoms with Crippen LogP contribution in [0.2, 0.25) is 0 Å². The summed E-state index contributed by atoms with van der Waals surface area (Å²) in [4.78, 5) is 16.5. The first kappa shape index (κ1) is 16.2. The molecule has 1 aromatic carbocycles. The molecule has 1 aromatic heterocycles. The van der Waals surface area contributed by atoms with E-state index in [9.17, 15) is 4.79 Å². The van der Waals surface area contributed by atoms with Crippen LogP contribution in [-0.4, -0.2) is 30.4 Å². The number of anilines is 1. The molecule has 6 heteroatoms. The summed E-state index contributed by atoms with van der Waals surface area (Å²) in [5.41, 5.74) is 2.26. The van der Waals surface area contributed by atoms with Gasteiger partial charge in [-0.1, -0.05) is 12.1 Å². The Hall–Kier alpha value is -2.67. The molecule has 1 atom stereocenters. The lowest BCUT2D eigenvalue weighted by atomic mass is 10.1. The van der Waals surface area contributed by atoms with Crippen LogP contribution in [0.4, 0.5) is 5.00 Å². The average molecular weight is 336 g/mol. The number of nitrogens with zero attached hydrogens (tertiary/aromatic N) is 4. The molecule has 0 bridgehead atoms. The van der Waals surface area contributed by atoms with E-state index in [0.29, 0.717) is 24.2 Å². The fourth-order valence-electron chi connectivity index (χ4n) is 2.95. The third kappa shape index (κ3) is 3.03. The summed E-state index contributed by atoms with van der Waals surface area (Å²) in [5.74, 6) is 0.0464. The second-order valence-corrected chi connectivity index (χ2v) is 6.66. The molecule has 0 radical (unpaired) electrons. The van der Waals surface area contributed by atoms with Crippen molar-refractivity contribution in [1.82, 2.24) is 4.90 Å². The summed E-state index contributed by atoms with van der Waals surface area (Å²) >= 11 is 1.43. The van der Waals surface area contributed by atoms with E-state index in [1.54, 1.807) is 23.1 Å². The van der Waals surface area contributed by atoms with Gasteiger partial charge in [-0.25, -0.2) is 0 Å². The second-order valence-electron chi connectivity index (χ2n) is 5.77.